The van der Waals surface area contributed by atoms with Gasteiger partial charge in [-0.25, -0.2) is 0 Å². The van der Waals surface area contributed by atoms with E-state index in [2.05, 4.69) is 5.32 Å². The van der Waals surface area contributed by atoms with Crippen LogP contribution in [0.15, 0.2) is 24.3 Å². The van der Waals surface area contributed by atoms with Crippen molar-refractivity contribution in [2.75, 3.05) is 13.2 Å². The van der Waals surface area contributed by atoms with Gasteiger partial charge in [0.05, 0.1) is 24.2 Å². The summed E-state index contributed by atoms with van der Waals surface area (Å²) in [4.78, 5) is 20.6. The summed E-state index contributed by atoms with van der Waals surface area (Å²) in [6, 6.07) is 3.65. The van der Waals surface area contributed by atoms with Crippen LogP contribution in [0.25, 0.3) is 0 Å². The Kier molecular flexibility index (Phi) is 9.36. The molecule has 0 spiro atoms. The number of halogens is 2. The minimum absolute atomic E-state index is 0.189. The minimum atomic E-state index is -1.69. The van der Waals surface area contributed by atoms with Crippen LogP contribution >= 0.6 is 23.2 Å². The molecule has 0 radical (unpaired) electrons. The number of nitrogens with zero attached hydrogens (tertiary/aromatic N) is 1. The number of amides is 1. The maximum absolute atomic E-state index is 11.9. The highest BCUT2D eigenvalue weighted by molar-refractivity contribution is 6.53. The molecule has 1 aromatic rings. The summed E-state index contributed by atoms with van der Waals surface area (Å²) in [5, 5.41) is 62.7. The molecule has 6 N–H and O–H groups in total. The summed E-state index contributed by atoms with van der Waals surface area (Å²) < 4.78 is 10.6. The summed E-state index contributed by atoms with van der Waals surface area (Å²) in [6.45, 7) is -1.16. The van der Waals surface area contributed by atoms with E-state index in [4.69, 9.17) is 32.7 Å². The predicted octanol–water partition coefficient (Wildman–Crippen LogP) is -1.27. The molecule has 12 nitrogen and oxygen atoms in total. The zero-order valence-corrected chi connectivity index (χ0v) is 17.3. The summed E-state index contributed by atoms with van der Waals surface area (Å²) in [7, 11) is 0. The Morgan fingerprint density at radius 3 is 2.32 bits per heavy atom. The number of aliphatic hydroxyl groups is 5. The number of carbonyl (C=O) groups excluding carboxylic acids is 1. The molecule has 1 aliphatic rings. The number of ether oxygens (including phenoxy) is 2. The van der Waals surface area contributed by atoms with E-state index < -0.39 is 71.7 Å². The van der Waals surface area contributed by atoms with Gasteiger partial charge in [-0.05, 0) is 17.7 Å². The molecule has 1 aromatic carbocycles. The summed E-state index contributed by atoms with van der Waals surface area (Å²) >= 11 is 11.1. The second-order valence-corrected chi connectivity index (χ2v) is 7.84. The molecule has 1 saturated heterocycles. The Morgan fingerprint density at radius 1 is 1.19 bits per heavy atom. The fourth-order valence-electron chi connectivity index (χ4n) is 2.89. The number of nitrogens with one attached hydrogen (secondary N) is 1. The van der Waals surface area contributed by atoms with Crippen molar-refractivity contribution in [1.29, 1.82) is 0 Å². The van der Waals surface area contributed by atoms with Gasteiger partial charge in [-0.3, -0.25) is 14.9 Å². The minimum Gasteiger partial charge on any atom is -0.394 e. The molecule has 0 unspecified atom stereocenters. The van der Waals surface area contributed by atoms with Crippen LogP contribution in [0.3, 0.4) is 0 Å². The van der Waals surface area contributed by atoms with Gasteiger partial charge in [0.15, 0.2) is 11.1 Å². The van der Waals surface area contributed by atoms with Crippen molar-refractivity contribution < 1.29 is 44.7 Å². The van der Waals surface area contributed by atoms with E-state index in [1.165, 1.54) is 12.1 Å². The van der Waals surface area contributed by atoms with E-state index >= 15 is 0 Å². The van der Waals surface area contributed by atoms with Crippen molar-refractivity contribution in [1.82, 2.24) is 5.32 Å². The molecule has 0 bridgehead atoms. The van der Waals surface area contributed by atoms with Crippen LogP contribution in [-0.4, -0.2) is 91.2 Å². The van der Waals surface area contributed by atoms with Crippen LogP contribution in [0.1, 0.15) is 11.7 Å². The lowest BCUT2D eigenvalue weighted by atomic mass is 9.99. The Labute approximate surface area is 186 Å². The maximum Gasteiger partial charge on any atom is 0.269 e. The van der Waals surface area contributed by atoms with Gasteiger partial charge in [0.25, 0.3) is 11.6 Å². The van der Waals surface area contributed by atoms with Crippen LogP contribution in [0, 0.1) is 10.1 Å². The average molecular weight is 485 g/mol. The highest BCUT2D eigenvalue weighted by atomic mass is 35.5. The molecule has 2 rings (SSSR count). The number of hydrogen-bond donors (Lipinski definition) is 6. The molecular weight excluding hydrogens is 463 g/mol. The molecule has 1 heterocycles. The van der Waals surface area contributed by atoms with Gasteiger partial charge in [-0.1, -0.05) is 23.2 Å². The van der Waals surface area contributed by atoms with Gasteiger partial charge in [0, 0.05) is 12.1 Å². The lowest BCUT2D eigenvalue weighted by Crippen LogP contribution is -2.59. The number of rotatable bonds is 9. The van der Waals surface area contributed by atoms with Crippen LogP contribution in [-0.2, 0) is 14.3 Å². The third-order valence-corrected chi connectivity index (χ3v) is 5.04. The van der Waals surface area contributed by atoms with Crippen molar-refractivity contribution >= 4 is 34.8 Å². The molecule has 1 amide bonds. The third kappa shape index (κ3) is 6.44. The molecule has 14 heteroatoms. The summed E-state index contributed by atoms with van der Waals surface area (Å²) in [5.74, 6) is -0.869. The molecular formula is C17H22Cl2N2O10. The Balaban J connectivity index is 2.15. The van der Waals surface area contributed by atoms with Crippen molar-refractivity contribution in [2.24, 2.45) is 0 Å². The Morgan fingerprint density at radius 2 is 1.81 bits per heavy atom. The molecule has 174 valence electrons. The largest absolute Gasteiger partial charge is 0.394 e. The normalized spacial score (nSPS) is 28.2. The van der Waals surface area contributed by atoms with Gasteiger partial charge < -0.3 is 40.3 Å². The van der Waals surface area contributed by atoms with Crippen LogP contribution in [0.2, 0.25) is 0 Å². The van der Waals surface area contributed by atoms with Crippen LogP contribution in [0.4, 0.5) is 5.69 Å². The number of carbonyl (C=O) groups is 1. The average Bonchev–Trinajstić information content (AvgIpc) is 2.75. The van der Waals surface area contributed by atoms with E-state index in [1.54, 1.807) is 0 Å². The number of aliphatic hydroxyl groups excluding tert-OH is 5. The van der Waals surface area contributed by atoms with Gasteiger partial charge in [-0.2, -0.15) is 0 Å². The Hall–Kier alpha value is -1.61. The van der Waals surface area contributed by atoms with E-state index in [-0.39, 0.29) is 11.3 Å². The second-order valence-electron chi connectivity index (χ2n) is 6.74. The fraction of sp³-hybridized carbons (Fsp3) is 0.588. The standard InChI is InChI=1S/C17H22Cl2N2O10/c18-15(19)16(27)20-9(11(23)7-1-3-8(4-2-7)21(28)29)6-30-17-14(26)13(25)12(24)10(5-22)31-17/h1-4,9-15,17,22-26H,5-6H2,(H,20,27)/t9-,10-,11-,12+,13-,14-,17-/m1/s1. The molecule has 0 aliphatic carbocycles. The summed E-state index contributed by atoms with van der Waals surface area (Å²) in [6.07, 6.45) is -9.14. The number of nitro groups is 1. The van der Waals surface area contributed by atoms with Crippen molar-refractivity contribution in [2.45, 2.75) is 47.7 Å². The predicted molar refractivity (Wildman–Crippen MR) is 105 cm³/mol. The number of nitro benzene ring substituents is 1. The van der Waals surface area contributed by atoms with E-state index in [0.29, 0.717) is 0 Å². The van der Waals surface area contributed by atoms with Gasteiger partial charge in [0.2, 0.25) is 0 Å². The first kappa shape index (κ1) is 25.6. The first-order valence-corrected chi connectivity index (χ1v) is 9.87. The van der Waals surface area contributed by atoms with E-state index in [9.17, 15) is 40.4 Å². The molecule has 1 fully saturated rings. The fourth-order valence-corrected chi connectivity index (χ4v) is 3.01. The topological polar surface area (TPSA) is 192 Å². The number of hydrogen-bond acceptors (Lipinski definition) is 10. The lowest BCUT2D eigenvalue weighted by Gasteiger charge is -2.40. The first-order chi connectivity index (χ1) is 14.6. The molecule has 7 atom stereocenters. The third-order valence-electron chi connectivity index (χ3n) is 4.64. The molecule has 0 aromatic heterocycles. The molecule has 1 aliphatic heterocycles. The SMILES string of the molecule is O=C(N[C@H](CO[C@@H]1O[C@H](CO)[C@H](O)[C@@H](O)[C@H]1O)[C@H](O)c1ccc([N+](=O)[O-])cc1)C(Cl)Cl. The summed E-state index contributed by atoms with van der Waals surface area (Å²) in [5.41, 5.74) is -0.0234. The van der Waals surface area contributed by atoms with Gasteiger partial charge >= 0.3 is 0 Å². The highest BCUT2D eigenvalue weighted by Gasteiger charge is 2.44. The van der Waals surface area contributed by atoms with E-state index in [0.717, 1.165) is 12.1 Å². The van der Waals surface area contributed by atoms with Crippen molar-refractivity contribution in [3.8, 4) is 0 Å². The van der Waals surface area contributed by atoms with Crippen molar-refractivity contribution in [3.63, 3.8) is 0 Å². The number of alkyl halides is 2. The first-order valence-electron chi connectivity index (χ1n) is 8.99. The van der Waals surface area contributed by atoms with Crippen LogP contribution in [0.5, 0.6) is 0 Å². The second kappa shape index (κ2) is 11.3. The highest BCUT2D eigenvalue weighted by Crippen LogP contribution is 2.25. The lowest BCUT2D eigenvalue weighted by molar-refractivity contribution is -0.384. The van der Waals surface area contributed by atoms with E-state index in [1.807, 2.05) is 0 Å². The zero-order valence-electron chi connectivity index (χ0n) is 15.8. The number of non-ortho nitro benzene ring substituents is 1. The molecule has 31 heavy (non-hydrogen) atoms. The van der Waals surface area contributed by atoms with Gasteiger partial charge in [-0.15, -0.1) is 0 Å². The number of benzene rings is 1. The maximum atomic E-state index is 11.9. The quantitative estimate of drug-likeness (QED) is 0.140. The van der Waals surface area contributed by atoms with Gasteiger partial charge in [0.1, 0.15) is 30.5 Å². The zero-order chi connectivity index (χ0) is 23.3. The monoisotopic (exact) mass is 484 g/mol. The van der Waals surface area contributed by atoms with Crippen LogP contribution < -0.4 is 5.32 Å². The smallest absolute Gasteiger partial charge is 0.269 e. The Bertz CT molecular complexity index is 751. The van der Waals surface area contributed by atoms with Crippen molar-refractivity contribution in [3.05, 3.63) is 39.9 Å². The molecule has 0 saturated carbocycles.